The topological polar surface area (TPSA) is 48.4 Å². The molecule has 21 heavy (non-hydrogen) atoms. The van der Waals surface area contributed by atoms with Crippen LogP contribution in [-0.2, 0) is 10.6 Å². The van der Waals surface area contributed by atoms with Crippen molar-refractivity contribution >= 4 is 17.6 Å². The van der Waals surface area contributed by atoms with E-state index in [1.165, 1.54) is 6.92 Å². The number of pyridine rings is 1. The number of aromatic nitrogens is 1. The van der Waals surface area contributed by atoms with Crippen molar-refractivity contribution in [1.82, 2.24) is 4.98 Å². The summed E-state index contributed by atoms with van der Waals surface area (Å²) < 4.78 is 70.6. The molecule has 0 spiro atoms. The maximum absolute atomic E-state index is 12.8. The van der Waals surface area contributed by atoms with Crippen LogP contribution in [0.5, 0.6) is 5.75 Å². The second-order valence-electron chi connectivity index (χ2n) is 3.56. The van der Waals surface area contributed by atoms with Gasteiger partial charge in [-0.05, 0) is 6.92 Å². The number of nitrogens with zero attached hydrogens (tertiary/aromatic N) is 1. The van der Waals surface area contributed by atoms with Gasteiger partial charge >= 0.3 is 12.3 Å². The Labute approximate surface area is 120 Å². The van der Waals surface area contributed by atoms with Gasteiger partial charge in [-0.3, -0.25) is 4.98 Å². The summed E-state index contributed by atoms with van der Waals surface area (Å²) in [6, 6.07) is 0. The van der Waals surface area contributed by atoms with Crippen molar-refractivity contribution in [3.8, 4) is 5.75 Å². The van der Waals surface area contributed by atoms with Crippen LogP contribution in [0.3, 0.4) is 0 Å². The van der Waals surface area contributed by atoms with Gasteiger partial charge in [0, 0.05) is 5.56 Å². The van der Waals surface area contributed by atoms with Crippen molar-refractivity contribution in [2.45, 2.75) is 25.6 Å². The molecular formula is C11H9ClF5NO3. The van der Waals surface area contributed by atoms with E-state index in [0.717, 1.165) is 0 Å². The third-order valence-corrected chi connectivity index (χ3v) is 2.49. The summed E-state index contributed by atoms with van der Waals surface area (Å²) in [5, 5.41) is 0. The highest BCUT2D eigenvalue weighted by molar-refractivity contribution is 6.18. The van der Waals surface area contributed by atoms with Gasteiger partial charge in [-0.15, -0.1) is 24.8 Å². The lowest BCUT2D eigenvalue weighted by Gasteiger charge is -2.16. The van der Waals surface area contributed by atoms with E-state index in [9.17, 15) is 26.7 Å². The van der Waals surface area contributed by atoms with Crippen LogP contribution in [0.2, 0.25) is 0 Å². The molecule has 0 N–H and O–H groups in total. The molecule has 0 radical (unpaired) electrons. The minimum absolute atomic E-state index is 0.168. The number of carbonyl (C=O) groups is 1. The quantitative estimate of drug-likeness (QED) is 0.467. The third-order valence-electron chi connectivity index (χ3n) is 2.22. The first-order valence-electron chi connectivity index (χ1n) is 5.50. The van der Waals surface area contributed by atoms with Gasteiger partial charge in [0.2, 0.25) is 0 Å². The Bertz CT molecular complexity index is 521. The van der Waals surface area contributed by atoms with Gasteiger partial charge in [-0.25, -0.2) is 13.6 Å². The molecule has 0 fully saturated rings. The molecule has 0 atom stereocenters. The molecular weight excluding hydrogens is 325 g/mol. The van der Waals surface area contributed by atoms with Crippen LogP contribution in [0.25, 0.3) is 0 Å². The number of carbonyl (C=O) groups excluding carboxylic acids is 1. The van der Waals surface area contributed by atoms with Crippen molar-refractivity contribution < 1.29 is 36.2 Å². The Balaban J connectivity index is 3.47. The van der Waals surface area contributed by atoms with E-state index in [2.05, 4.69) is 14.5 Å². The molecule has 10 heteroatoms. The second kappa shape index (κ2) is 6.88. The van der Waals surface area contributed by atoms with Crippen molar-refractivity contribution in [2.75, 3.05) is 6.61 Å². The molecule has 118 valence electrons. The van der Waals surface area contributed by atoms with Crippen molar-refractivity contribution in [1.29, 1.82) is 0 Å². The van der Waals surface area contributed by atoms with Crippen molar-refractivity contribution in [3.05, 3.63) is 23.0 Å². The molecule has 1 aromatic rings. The number of halogens is 6. The molecule has 0 bridgehead atoms. The fraction of sp³-hybridized carbons (Fsp3) is 0.455. The average molecular weight is 334 g/mol. The largest absolute Gasteiger partial charge is 0.573 e. The molecule has 0 aliphatic rings. The fourth-order valence-corrected chi connectivity index (χ4v) is 1.77. The number of hydrogen-bond acceptors (Lipinski definition) is 4. The number of ether oxygens (including phenoxy) is 2. The molecule has 1 heterocycles. The first kappa shape index (κ1) is 17.4. The van der Waals surface area contributed by atoms with E-state index in [1.54, 1.807) is 0 Å². The number of esters is 1. The van der Waals surface area contributed by atoms with Crippen LogP contribution in [0.15, 0.2) is 6.20 Å². The van der Waals surface area contributed by atoms with Crippen LogP contribution in [0, 0.1) is 0 Å². The zero-order valence-electron chi connectivity index (χ0n) is 10.5. The normalized spacial score (nSPS) is 11.6. The molecule has 1 aromatic heterocycles. The minimum atomic E-state index is -5.13. The standard InChI is InChI=1S/C11H9ClF5NO3/c1-2-20-10(19)7-5(3-12)8(9(13)14)18-4-6(7)21-11(15,16)17/h4,9H,2-3H2,1H3. The molecule has 0 unspecified atom stereocenters. The Hall–Kier alpha value is -1.64. The number of rotatable bonds is 5. The van der Waals surface area contributed by atoms with Crippen LogP contribution in [0.4, 0.5) is 22.0 Å². The van der Waals surface area contributed by atoms with E-state index in [-0.39, 0.29) is 6.61 Å². The predicted octanol–water partition coefficient (Wildman–Crippen LogP) is 3.83. The number of hydrogen-bond donors (Lipinski definition) is 0. The van der Waals surface area contributed by atoms with Gasteiger partial charge in [-0.1, -0.05) is 0 Å². The van der Waals surface area contributed by atoms with E-state index in [0.29, 0.717) is 6.20 Å². The highest BCUT2D eigenvalue weighted by Crippen LogP contribution is 2.34. The van der Waals surface area contributed by atoms with Gasteiger partial charge in [-0.2, -0.15) is 0 Å². The van der Waals surface area contributed by atoms with Crippen LogP contribution >= 0.6 is 11.6 Å². The Morgan fingerprint density at radius 1 is 1.43 bits per heavy atom. The fourth-order valence-electron chi connectivity index (χ4n) is 1.50. The van der Waals surface area contributed by atoms with Gasteiger partial charge in [0.05, 0.1) is 18.7 Å². The highest BCUT2D eigenvalue weighted by atomic mass is 35.5. The van der Waals surface area contributed by atoms with E-state index >= 15 is 0 Å². The minimum Gasteiger partial charge on any atom is -0.462 e. The molecule has 0 aliphatic carbocycles. The van der Waals surface area contributed by atoms with Crippen LogP contribution in [-0.4, -0.2) is 23.9 Å². The van der Waals surface area contributed by atoms with Gasteiger partial charge in [0.25, 0.3) is 6.43 Å². The molecule has 0 saturated carbocycles. The van der Waals surface area contributed by atoms with Crippen molar-refractivity contribution in [2.24, 2.45) is 0 Å². The van der Waals surface area contributed by atoms with Crippen LogP contribution in [0.1, 0.15) is 35.0 Å². The first-order chi connectivity index (χ1) is 9.71. The summed E-state index contributed by atoms with van der Waals surface area (Å²) in [5.41, 5.74) is -2.27. The molecule has 0 aromatic carbocycles. The highest BCUT2D eigenvalue weighted by Gasteiger charge is 2.35. The zero-order chi connectivity index (χ0) is 16.2. The summed E-state index contributed by atoms with van der Waals surface area (Å²) in [4.78, 5) is 14.9. The first-order valence-corrected chi connectivity index (χ1v) is 6.03. The maximum Gasteiger partial charge on any atom is 0.573 e. The Morgan fingerprint density at radius 2 is 2.05 bits per heavy atom. The number of alkyl halides is 6. The Morgan fingerprint density at radius 3 is 2.48 bits per heavy atom. The molecule has 0 aliphatic heterocycles. The second-order valence-corrected chi connectivity index (χ2v) is 3.83. The van der Waals surface area contributed by atoms with Crippen LogP contribution < -0.4 is 4.74 Å². The lowest BCUT2D eigenvalue weighted by atomic mass is 10.1. The van der Waals surface area contributed by atoms with E-state index < -0.39 is 47.2 Å². The average Bonchev–Trinajstić information content (AvgIpc) is 2.35. The molecule has 0 amide bonds. The maximum atomic E-state index is 12.8. The summed E-state index contributed by atoms with van der Waals surface area (Å²) in [5.74, 6) is -2.95. The monoisotopic (exact) mass is 333 g/mol. The smallest absolute Gasteiger partial charge is 0.462 e. The van der Waals surface area contributed by atoms with Crippen molar-refractivity contribution in [3.63, 3.8) is 0 Å². The zero-order valence-corrected chi connectivity index (χ0v) is 11.3. The lowest BCUT2D eigenvalue weighted by Crippen LogP contribution is -2.21. The summed E-state index contributed by atoms with van der Waals surface area (Å²) in [6.07, 6.45) is -7.86. The third kappa shape index (κ3) is 4.42. The lowest BCUT2D eigenvalue weighted by molar-refractivity contribution is -0.274. The summed E-state index contributed by atoms with van der Waals surface area (Å²) in [6.45, 7) is 1.23. The van der Waals surface area contributed by atoms with Gasteiger partial charge in [0.1, 0.15) is 11.3 Å². The molecule has 1 rings (SSSR count). The summed E-state index contributed by atoms with van der Waals surface area (Å²) >= 11 is 5.45. The molecule has 4 nitrogen and oxygen atoms in total. The molecule has 0 saturated heterocycles. The van der Waals surface area contributed by atoms with Gasteiger partial charge in [0.15, 0.2) is 5.75 Å². The predicted molar refractivity (Wildman–Crippen MR) is 61.4 cm³/mol. The Kier molecular flexibility index (Phi) is 5.70. The summed E-state index contributed by atoms with van der Waals surface area (Å²) in [7, 11) is 0. The van der Waals surface area contributed by atoms with E-state index in [1.807, 2.05) is 0 Å². The SMILES string of the molecule is CCOC(=O)c1c(OC(F)(F)F)cnc(C(F)F)c1CCl. The van der Waals surface area contributed by atoms with E-state index in [4.69, 9.17) is 11.6 Å². The van der Waals surface area contributed by atoms with Gasteiger partial charge < -0.3 is 9.47 Å².